The van der Waals surface area contributed by atoms with Crippen LogP contribution in [0.4, 0.5) is 23.7 Å². The van der Waals surface area contributed by atoms with Crippen molar-refractivity contribution in [3.05, 3.63) is 29.8 Å². The predicted octanol–water partition coefficient (Wildman–Crippen LogP) is 1.83. The van der Waals surface area contributed by atoms with E-state index in [-0.39, 0.29) is 0 Å². The number of aryl methyl sites for hydroxylation is 1. The summed E-state index contributed by atoms with van der Waals surface area (Å²) in [5, 5.41) is 1.64. The standard InChI is InChI=1S/C15H16F3N3O3/c1-9-3-5-11(6-4-9)21-10(2)13(23)20(14(21)24)7-12(22)19-8-15(16,17)18/h3-6,10H,7-8H2,1-2H3,(H,19,22). The summed E-state index contributed by atoms with van der Waals surface area (Å²) >= 11 is 0. The van der Waals surface area contributed by atoms with Crippen LogP contribution < -0.4 is 10.2 Å². The Kier molecular flexibility index (Phi) is 4.81. The Morgan fingerprint density at radius 3 is 2.33 bits per heavy atom. The molecule has 6 nitrogen and oxygen atoms in total. The molecule has 0 saturated carbocycles. The number of imide groups is 1. The number of carbonyl (C=O) groups is 3. The van der Waals surface area contributed by atoms with Gasteiger partial charge in [0.25, 0.3) is 5.91 Å². The second kappa shape index (κ2) is 6.50. The third kappa shape index (κ3) is 3.84. The van der Waals surface area contributed by atoms with Gasteiger partial charge >= 0.3 is 12.2 Å². The lowest BCUT2D eigenvalue weighted by molar-refractivity contribution is -0.140. The van der Waals surface area contributed by atoms with Gasteiger partial charge < -0.3 is 5.32 Å². The van der Waals surface area contributed by atoms with E-state index in [0.717, 1.165) is 5.56 Å². The first-order valence-corrected chi connectivity index (χ1v) is 7.15. The summed E-state index contributed by atoms with van der Waals surface area (Å²) < 4.78 is 36.3. The van der Waals surface area contributed by atoms with Gasteiger partial charge in [-0.2, -0.15) is 13.2 Å². The smallest absolute Gasteiger partial charge is 0.345 e. The number of benzene rings is 1. The largest absolute Gasteiger partial charge is 0.405 e. The van der Waals surface area contributed by atoms with E-state index in [4.69, 9.17) is 0 Å². The molecule has 9 heteroatoms. The average Bonchev–Trinajstić information content (AvgIpc) is 2.70. The van der Waals surface area contributed by atoms with Crippen LogP contribution in [0.25, 0.3) is 0 Å². The SMILES string of the molecule is Cc1ccc(N2C(=O)N(CC(=O)NCC(F)(F)F)C(=O)C2C)cc1. The molecule has 0 radical (unpaired) electrons. The van der Waals surface area contributed by atoms with Crippen LogP contribution in [0.1, 0.15) is 12.5 Å². The first-order chi connectivity index (χ1) is 11.1. The molecule has 0 spiro atoms. The lowest BCUT2D eigenvalue weighted by Crippen LogP contribution is -2.43. The number of hydrogen-bond donors (Lipinski definition) is 1. The van der Waals surface area contributed by atoms with Crippen molar-refractivity contribution in [1.82, 2.24) is 10.2 Å². The van der Waals surface area contributed by atoms with Crippen molar-refractivity contribution in [3.63, 3.8) is 0 Å². The van der Waals surface area contributed by atoms with Crippen LogP contribution in [0.15, 0.2) is 24.3 Å². The van der Waals surface area contributed by atoms with Crippen LogP contribution in [-0.4, -0.2) is 48.1 Å². The molecule has 2 rings (SSSR count). The minimum atomic E-state index is -4.56. The maximum Gasteiger partial charge on any atom is 0.405 e. The minimum absolute atomic E-state index is 0.477. The summed E-state index contributed by atoms with van der Waals surface area (Å²) in [7, 11) is 0. The van der Waals surface area contributed by atoms with Gasteiger partial charge in [-0.05, 0) is 26.0 Å². The lowest BCUT2D eigenvalue weighted by atomic mass is 10.2. The zero-order valence-corrected chi connectivity index (χ0v) is 13.1. The molecule has 1 aliphatic rings. The van der Waals surface area contributed by atoms with E-state index in [1.807, 2.05) is 6.92 Å². The van der Waals surface area contributed by atoms with E-state index < -0.39 is 43.2 Å². The fraction of sp³-hybridized carbons (Fsp3) is 0.400. The number of hydrogen-bond acceptors (Lipinski definition) is 3. The monoisotopic (exact) mass is 343 g/mol. The molecule has 1 atom stereocenters. The molecule has 0 aromatic heterocycles. The fourth-order valence-electron chi connectivity index (χ4n) is 2.31. The van der Waals surface area contributed by atoms with Crippen molar-refractivity contribution in [2.45, 2.75) is 26.1 Å². The average molecular weight is 343 g/mol. The van der Waals surface area contributed by atoms with Gasteiger partial charge in [-0.3, -0.25) is 19.4 Å². The molecule has 1 aromatic rings. The Hall–Kier alpha value is -2.58. The summed E-state index contributed by atoms with van der Waals surface area (Å²) in [5.41, 5.74) is 1.44. The third-order valence-corrected chi connectivity index (χ3v) is 3.55. The van der Waals surface area contributed by atoms with E-state index in [2.05, 4.69) is 0 Å². The van der Waals surface area contributed by atoms with Gasteiger partial charge in [-0.25, -0.2) is 4.79 Å². The Bertz CT molecular complexity index is 658. The van der Waals surface area contributed by atoms with Gasteiger partial charge in [0, 0.05) is 5.69 Å². The van der Waals surface area contributed by atoms with E-state index in [1.165, 1.54) is 11.8 Å². The van der Waals surface area contributed by atoms with Crippen LogP contribution in [0.5, 0.6) is 0 Å². The number of rotatable bonds is 4. The Balaban J connectivity index is 2.10. The highest BCUT2D eigenvalue weighted by Gasteiger charge is 2.44. The van der Waals surface area contributed by atoms with Crippen LogP contribution in [0.2, 0.25) is 0 Å². The zero-order valence-electron chi connectivity index (χ0n) is 13.1. The van der Waals surface area contributed by atoms with Crippen LogP contribution >= 0.6 is 0 Å². The first kappa shape index (κ1) is 17.8. The van der Waals surface area contributed by atoms with E-state index in [9.17, 15) is 27.6 Å². The fourth-order valence-corrected chi connectivity index (χ4v) is 2.31. The molecule has 1 aromatic carbocycles. The van der Waals surface area contributed by atoms with Gasteiger partial charge in [-0.15, -0.1) is 0 Å². The number of amides is 4. The van der Waals surface area contributed by atoms with Crippen molar-refractivity contribution in [2.24, 2.45) is 0 Å². The molecule has 0 bridgehead atoms. The van der Waals surface area contributed by atoms with E-state index in [1.54, 1.807) is 29.6 Å². The van der Waals surface area contributed by atoms with Gasteiger partial charge in [0.2, 0.25) is 5.91 Å². The predicted molar refractivity (Wildman–Crippen MR) is 79.3 cm³/mol. The maximum atomic E-state index is 12.4. The van der Waals surface area contributed by atoms with Crippen molar-refractivity contribution < 1.29 is 27.6 Å². The normalized spacial score (nSPS) is 18.3. The third-order valence-electron chi connectivity index (χ3n) is 3.55. The van der Waals surface area contributed by atoms with Crippen molar-refractivity contribution in [1.29, 1.82) is 0 Å². The van der Waals surface area contributed by atoms with Gasteiger partial charge in [-0.1, -0.05) is 17.7 Å². The molecule has 0 aliphatic carbocycles. The summed E-state index contributed by atoms with van der Waals surface area (Å²) in [6.07, 6.45) is -4.56. The number of halogens is 3. The van der Waals surface area contributed by atoms with E-state index >= 15 is 0 Å². The lowest BCUT2D eigenvalue weighted by Gasteiger charge is -2.19. The molecule has 4 amide bonds. The van der Waals surface area contributed by atoms with Crippen LogP contribution in [-0.2, 0) is 9.59 Å². The second-order valence-corrected chi connectivity index (χ2v) is 5.48. The summed E-state index contributed by atoms with van der Waals surface area (Å²) in [4.78, 5) is 38.0. The molecule has 1 aliphatic heterocycles. The summed E-state index contributed by atoms with van der Waals surface area (Å²) in [5.74, 6) is -1.69. The number of nitrogens with one attached hydrogen (secondary N) is 1. The Morgan fingerprint density at radius 1 is 1.21 bits per heavy atom. The first-order valence-electron chi connectivity index (χ1n) is 7.15. The maximum absolute atomic E-state index is 12.4. The highest BCUT2D eigenvalue weighted by atomic mass is 19.4. The number of alkyl halides is 3. The Labute approximate surface area is 136 Å². The molecule has 130 valence electrons. The molecular formula is C15H16F3N3O3. The molecule has 1 unspecified atom stereocenters. The number of urea groups is 1. The Morgan fingerprint density at radius 2 is 1.79 bits per heavy atom. The van der Waals surface area contributed by atoms with Gasteiger partial charge in [0.05, 0.1) is 0 Å². The van der Waals surface area contributed by atoms with Gasteiger partial charge in [0.15, 0.2) is 0 Å². The zero-order chi connectivity index (χ0) is 18.1. The quantitative estimate of drug-likeness (QED) is 0.848. The molecule has 1 heterocycles. The van der Waals surface area contributed by atoms with E-state index in [0.29, 0.717) is 10.6 Å². The molecular weight excluding hydrogens is 327 g/mol. The number of anilines is 1. The highest BCUT2D eigenvalue weighted by Crippen LogP contribution is 2.25. The summed E-state index contributed by atoms with van der Waals surface area (Å²) in [6.45, 7) is 1.09. The summed E-state index contributed by atoms with van der Waals surface area (Å²) in [6, 6.07) is 5.26. The molecule has 1 saturated heterocycles. The number of carbonyl (C=O) groups excluding carboxylic acids is 3. The van der Waals surface area contributed by atoms with Crippen molar-refractivity contribution >= 4 is 23.5 Å². The highest BCUT2D eigenvalue weighted by molar-refractivity contribution is 6.15. The van der Waals surface area contributed by atoms with Crippen LogP contribution in [0.3, 0.4) is 0 Å². The topological polar surface area (TPSA) is 69.7 Å². The second-order valence-electron chi connectivity index (χ2n) is 5.48. The van der Waals surface area contributed by atoms with Crippen molar-refractivity contribution in [2.75, 3.05) is 18.0 Å². The van der Waals surface area contributed by atoms with Crippen LogP contribution in [0, 0.1) is 6.92 Å². The molecule has 24 heavy (non-hydrogen) atoms. The molecule has 1 fully saturated rings. The van der Waals surface area contributed by atoms with Crippen molar-refractivity contribution in [3.8, 4) is 0 Å². The molecule has 1 N–H and O–H groups in total. The number of nitrogens with zero attached hydrogens (tertiary/aromatic N) is 2. The minimum Gasteiger partial charge on any atom is -0.345 e. The van der Waals surface area contributed by atoms with Gasteiger partial charge in [0.1, 0.15) is 19.1 Å².